The zero-order chi connectivity index (χ0) is 22.1. The quantitative estimate of drug-likeness (QED) is 0.736. The number of pyridine rings is 1. The maximum atomic E-state index is 14.8. The van der Waals surface area contributed by atoms with Crippen molar-refractivity contribution in [3.8, 4) is 11.3 Å². The van der Waals surface area contributed by atoms with Gasteiger partial charge in [-0.05, 0) is 45.7 Å². The first-order valence-corrected chi connectivity index (χ1v) is 9.98. The molecule has 1 aliphatic rings. The smallest absolute Gasteiger partial charge is 0.408 e. The standard InChI is InChI=1S/C21H28FN5O3/c1-12-14(22)6-7-15(26-20(29)30-21(2,3)4)16-10-13(8-9-23-16)18-17(25-19(12)28)11-24-27(18)5/h8-12,14-15H,6-7H2,1-5H3,(H,25,28)(H,26,29). The normalized spacial score (nSPS) is 22.2. The number of halogens is 1. The number of fused-ring (bicyclic) bond motifs is 4. The van der Waals surface area contributed by atoms with Crippen LogP contribution in [0, 0.1) is 5.92 Å². The van der Waals surface area contributed by atoms with Crippen molar-refractivity contribution in [2.45, 2.75) is 58.4 Å². The summed E-state index contributed by atoms with van der Waals surface area (Å²) < 4.78 is 21.8. The van der Waals surface area contributed by atoms with Gasteiger partial charge in [-0.25, -0.2) is 9.18 Å². The van der Waals surface area contributed by atoms with Gasteiger partial charge in [0, 0.05) is 18.8 Å². The van der Waals surface area contributed by atoms with Gasteiger partial charge in [-0.15, -0.1) is 0 Å². The third-order valence-electron chi connectivity index (χ3n) is 4.99. The van der Waals surface area contributed by atoms with Gasteiger partial charge in [0.15, 0.2) is 0 Å². The number of alkyl carbamates (subject to hydrolysis) is 1. The summed E-state index contributed by atoms with van der Waals surface area (Å²) in [6, 6.07) is 3.05. The predicted molar refractivity (Wildman–Crippen MR) is 110 cm³/mol. The fourth-order valence-electron chi connectivity index (χ4n) is 3.39. The Morgan fingerprint density at radius 2 is 2.10 bits per heavy atom. The minimum absolute atomic E-state index is 0.0842. The zero-order valence-electron chi connectivity index (χ0n) is 17.9. The first kappa shape index (κ1) is 21.7. The van der Waals surface area contributed by atoms with Gasteiger partial charge in [-0.2, -0.15) is 5.10 Å². The number of carbonyl (C=O) groups excluding carboxylic acids is 2. The third-order valence-corrected chi connectivity index (χ3v) is 4.99. The van der Waals surface area contributed by atoms with Gasteiger partial charge in [0.2, 0.25) is 5.91 Å². The number of hydrogen-bond acceptors (Lipinski definition) is 5. The van der Waals surface area contributed by atoms with Crippen LogP contribution in [0.15, 0.2) is 24.5 Å². The molecular formula is C21H28FN5O3. The average molecular weight is 417 g/mol. The van der Waals surface area contributed by atoms with Crippen LogP contribution in [0.3, 0.4) is 0 Å². The lowest BCUT2D eigenvalue weighted by atomic mass is 9.95. The Bertz CT molecular complexity index is 937. The van der Waals surface area contributed by atoms with Crippen LogP contribution in [0.5, 0.6) is 0 Å². The van der Waals surface area contributed by atoms with E-state index in [4.69, 9.17) is 4.74 Å². The van der Waals surface area contributed by atoms with E-state index in [1.165, 1.54) is 6.20 Å². The molecular weight excluding hydrogens is 389 g/mol. The Morgan fingerprint density at radius 1 is 1.37 bits per heavy atom. The maximum absolute atomic E-state index is 14.8. The molecule has 3 heterocycles. The van der Waals surface area contributed by atoms with E-state index in [9.17, 15) is 14.0 Å². The van der Waals surface area contributed by atoms with Crippen molar-refractivity contribution < 1.29 is 18.7 Å². The summed E-state index contributed by atoms with van der Waals surface area (Å²) in [4.78, 5) is 29.3. The highest BCUT2D eigenvalue weighted by molar-refractivity contribution is 5.96. The number of aromatic nitrogens is 3. The second-order valence-electron chi connectivity index (χ2n) is 8.57. The van der Waals surface area contributed by atoms with E-state index in [0.717, 1.165) is 5.56 Å². The number of rotatable bonds is 1. The van der Waals surface area contributed by atoms with Gasteiger partial charge in [0.1, 0.15) is 11.8 Å². The SMILES string of the molecule is CC1C(=O)Nc2cnn(C)c2-c2ccnc(c2)C(NC(=O)OC(C)(C)C)CCC1F. The van der Waals surface area contributed by atoms with Gasteiger partial charge in [-0.3, -0.25) is 14.5 Å². The molecule has 2 amide bonds. The van der Waals surface area contributed by atoms with Crippen molar-refractivity contribution in [2.75, 3.05) is 5.32 Å². The summed E-state index contributed by atoms with van der Waals surface area (Å²) in [5.41, 5.74) is 1.86. The van der Waals surface area contributed by atoms with Crippen LogP contribution in [0.4, 0.5) is 14.9 Å². The van der Waals surface area contributed by atoms with Crippen LogP contribution in [0.25, 0.3) is 11.3 Å². The molecule has 2 bridgehead atoms. The van der Waals surface area contributed by atoms with E-state index in [-0.39, 0.29) is 12.8 Å². The van der Waals surface area contributed by atoms with Crippen molar-refractivity contribution in [3.63, 3.8) is 0 Å². The van der Waals surface area contributed by atoms with Crippen molar-refractivity contribution in [1.82, 2.24) is 20.1 Å². The van der Waals surface area contributed by atoms with Crippen molar-refractivity contribution >= 4 is 17.7 Å². The number of hydrogen-bond donors (Lipinski definition) is 2. The molecule has 0 spiro atoms. The fraction of sp³-hybridized carbons (Fsp3) is 0.524. The molecule has 3 unspecified atom stereocenters. The number of nitrogens with one attached hydrogen (secondary N) is 2. The molecule has 3 atom stereocenters. The molecule has 0 saturated carbocycles. The molecule has 2 N–H and O–H groups in total. The van der Waals surface area contributed by atoms with E-state index in [0.29, 0.717) is 17.1 Å². The minimum Gasteiger partial charge on any atom is -0.444 e. The Labute approximate surface area is 175 Å². The predicted octanol–water partition coefficient (Wildman–Crippen LogP) is 3.75. The number of amides is 2. The van der Waals surface area contributed by atoms with E-state index in [1.807, 2.05) is 6.07 Å². The Hall–Kier alpha value is -2.97. The number of nitrogens with zero attached hydrogens (tertiary/aromatic N) is 3. The highest BCUT2D eigenvalue weighted by atomic mass is 19.1. The molecule has 0 aliphatic carbocycles. The summed E-state index contributed by atoms with van der Waals surface area (Å²) >= 11 is 0. The molecule has 162 valence electrons. The number of ether oxygens (including phenoxy) is 1. The number of aryl methyl sites for hydroxylation is 1. The minimum atomic E-state index is -1.38. The molecule has 0 radical (unpaired) electrons. The average Bonchev–Trinajstić information content (AvgIpc) is 3.02. The van der Waals surface area contributed by atoms with Crippen LogP contribution in [-0.4, -0.2) is 38.5 Å². The summed E-state index contributed by atoms with van der Waals surface area (Å²) in [5, 5.41) is 9.81. The summed E-state index contributed by atoms with van der Waals surface area (Å²) in [7, 11) is 1.76. The molecule has 2 aromatic heterocycles. The Kier molecular flexibility index (Phi) is 6.09. The van der Waals surface area contributed by atoms with E-state index in [2.05, 4.69) is 20.7 Å². The first-order chi connectivity index (χ1) is 14.0. The lowest BCUT2D eigenvalue weighted by Gasteiger charge is -2.25. The molecule has 1 aliphatic heterocycles. The van der Waals surface area contributed by atoms with Crippen LogP contribution >= 0.6 is 0 Å². The van der Waals surface area contributed by atoms with Gasteiger partial charge >= 0.3 is 6.09 Å². The van der Waals surface area contributed by atoms with Gasteiger partial charge in [0.05, 0.1) is 35.2 Å². The van der Waals surface area contributed by atoms with Gasteiger partial charge in [0.25, 0.3) is 0 Å². The Balaban J connectivity index is 2.02. The highest BCUT2D eigenvalue weighted by Crippen LogP contribution is 2.32. The fourth-order valence-corrected chi connectivity index (χ4v) is 3.39. The van der Waals surface area contributed by atoms with E-state index < -0.39 is 35.7 Å². The molecule has 0 saturated heterocycles. The van der Waals surface area contributed by atoms with Crippen molar-refractivity contribution in [2.24, 2.45) is 13.0 Å². The first-order valence-electron chi connectivity index (χ1n) is 9.98. The van der Waals surface area contributed by atoms with Crippen molar-refractivity contribution in [3.05, 3.63) is 30.2 Å². The monoisotopic (exact) mass is 417 g/mol. The molecule has 8 nitrogen and oxygen atoms in total. The second kappa shape index (κ2) is 8.41. The van der Waals surface area contributed by atoms with Crippen molar-refractivity contribution in [1.29, 1.82) is 0 Å². The molecule has 30 heavy (non-hydrogen) atoms. The van der Waals surface area contributed by atoms with Gasteiger partial charge < -0.3 is 15.4 Å². The molecule has 9 heteroatoms. The lowest BCUT2D eigenvalue weighted by Crippen LogP contribution is -2.36. The number of alkyl halides is 1. The van der Waals surface area contributed by atoms with Crippen LogP contribution in [0.2, 0.25) is 0 Å². The van der Waals surface area contributed by atoms with Crippen LogP contribution in [0.1, 0.15) is 52.3 Å². The third kappa shape index (κ3) is 4.95. The molecule has 2 aromatic rings. The Morgan fingerprint density at radius 3 is 2.80 bits per heavy atom. The van der Waals surface area contributed by atoms with Crippen LogP contribution < -0.4 is 10.6 Å². The lowest BCUT2D eigenvalue weighted by molar-refractivity contribution is -0.121. The summed E-state index contributed by atoms with van der Waals surface area (Å²) in [6.45, 7) is 6.87. The maximum Gasteiger partial charge on any atom is 0.408 e. The number of carbonyl (C=O) groups is 2. The largest absolute Gasteiger partial charge is 0.444 e. The number of anilines is 1. The molecule has 0 fully saturated rings. The topological polar surface area (TPSA) is 98.1 Å². The molecule has 3 rings (SSSR count). The van der Waals surface area contributed by atoms with Gasteiger partial charge in [-0.1, -0.05) is 6.92 Å². The molecule has 0 aromatic carbocycles. The van der Waals surface area contributed by atoms with Crippen LogP contribution in [-0.2, 0) is 16.6 Å². The second-order valence-corrected chi connectivity index (χ2v) is 8.57. The van der Waals surface area contributed by atoms with E-state index >= 15 is 0 Å². The summed E-state index contributed by atoms with van der Waals surface area (Å²) in [5.74, 6) is -1.27. The highest BCUT2D eigenvalue weighted by Gasteiger charge is 2.29. The zero-order valence-corrected chi connectivity index (χ0v) is 17.9. The summed E-state index contributed by atoms with van der Waals surface area (Å²) in [6.07, 6.45) is 1.53. The van der Waals surface area contributed by atoms with E-state index in [1.54, 1.807) is 51.7 Å².